The fraction of sp³-hybridized carbons (Fsp3) is 0.500. The van der Waals surface area contributed by atoms with E-state index in [2.05, 4.69) is 25.0 Å². The first-order valence-corrected chi connectivity index (χ1v) is 3.10. The van der Waals surface area contributed by atoms with Crippen LogP contribution in [0.1, 0.15) is 13.3 Å². The van der Waals surface area contributed by atoms with Crippen molar-refractivity contribution < 1.29 is 0 Å². The van der Waals surface area contributed by atoms with Crippen molar-refractivity contribution in [1.82, 2.24) is 0 Å². The van der Waals surface area contributed by atoms with Gasteiger partial charge in [-0.2, -0.15) is 0 Å². The van der Waals surface area contributed by atoms with Gasteiger partial charge in [0, 0.05) is 0 Å². The van der Waals surface area contributed by atoms with E-state index in [1.54, 1.807) is 0 Å². The number of nitrogens with two attached hydrogens (primary N) is 1. The van der Waals surface area contributed by atoms with Crippen molar-refractivity contribution in [2.24, 2.45) is 11.7 Å². The molecule has 2 N–H and O–H groups in total. The smallest absolute Gasteiger partial charge is 0.00483 e. The van der Waals surface area contributed by atoms with E-state index in [9.17, 15) is 0 Å². The lowest BCUT2D eigenvalue weighted by molar-refractivity contribution is 0.606. The average molecular weight is 123 g/mol. The SMILES string of the molecule is C=C=C=CCC(C)CN. The third kappa shape index (κ3) is 5.13. The minimum absolute atomic E-state index is 0.547. The Kier molecular flexibility index (Phi) is 4.95. The van der Waals surface area contributed by atoms with Crippen molar-refractivity contribution in [2.45, 2.75) is 13.3 Å². The molecule has 9 heavy (non-hydrogen) atoms. The van der Waals surface area contributed by atoms with Gasteiger partial charge in [-0.15, -0.1) is 0 Å². The standard InChI is InChI=1S/C8H13N/c1-3-4-5-6-8(2)7-9/h5,8H,1,6-7,9H2,2H3. The van der Waals surface area contributed by atoms with Gasteiger partial charge in [0.1, 0.15) is 0 Å². The van der Waals surface area contributed by atoms with Gasteiger partial charge >= 0.3 is 0 Å². The number of rotatable bonds is 3. The van der Waals surface area contributed by atoms with E-state index in [0.717, 1.165) is 13.0 Å². The summed E-state index contributed by atoms with van der Waals surface area (Å²) in [6.07, 6.45) is 2.88. The van der Waals surface area contributed by atoms with Gasteiger partial charge in [0.15, 0.2) is 0 Å². The van der Waals surface area contributed by atoms with Crippen LogP contribution in [0.5, 0.6) is 0 Å². The Hall–Kier alpha value is -0.740. The molecule has 0 aromatic carbocycles. The van der Waals surface area contributed by atoms with E-state index in [0.29, 0.717) is 5.92 Å². The highest BCUT2D eigenvalue weighted by Gasteiger charge is 1.91. The van der Waals surface area contributed by atoms with Crippen molar-refractivity contribution in [1.29, 1.82) is 0 Å². The third-order valence-corrected chi connectivity index (χ3v) is 1.13. The number of hydrogen-bond acceptors (Lipinski definition) is 1. The normalized spacial score (nSPS) is 11.3. The van der Waals surface area contributed by atoms with Crippen LogP contribution in [0.2, 0.25) is 0 Å². The predicted molar refractivity (Wildman–Crippen MR) is 40.1 cm³/mol. The Labute approximate surface area is 56.6 Å². The fourth-order valence-electron chi connectivity index (χ4n) is 0.429. The van der Waals surface area contributed by atoms with E-state index in [1.807, 2.05) is 6.08 Å². The van der Waals surface area contributed by atoms with Gasteiger partial charge in [0.25, 0.3) is 0 Å². The summed E-state index contributed by atoms with van der Waals surface area (Å²) in [4.78, 5) is 0. The molecule has 0 heterocycles. The van der Waals surface area contributed by atoms with Gasteiger partial charge in [-0.3, -0.25) is 0 Å². The molecule has 0 saturated carbocycles. The first-order chi connectivity index (χ1) is 4.31. The van der Waals surface area contributed by atoms with Crippen LogP contribution < -0.4 is 5.73 Å². The fourth-order valence-corrected chi connectivity index (χ4v) is 0.429. The second-order valence-corrected chi connectivity index (χ2v) is 2.10. The van der Waals surface area contributed by atoms with Gasteiger partial charge < -0.3 is 5.73 Å². The Morgan fingerprint density at radius 2 is 2.44 bits per heavy atom. The minimum Gasteiger partial charge on any atom is -0.330 e. The molecule has 0 saturated heterocycles. The van der Waals surface area contributed by atoms with Crippen molar-refractivity contribution in [3.05, 3.63) is 24.1 Å². The van der Waals surface area contributed by atoms with E-state index in [-0.39, 0.29) is 0 Å². The predicted octanol–water partition coefficient (Wildman–Crippen LogP) is 1.47. The molecule has 0 rings (SSSR count). The molecule has 1 heteroatoms. The quantitative estimate of drug-likeness (QED) is 0.565. The molecule has 1 atom stereocenters. The van der Waals surface area contributed by atoms with Crippen LogP contribution in [-0.2, 0) is 0 Å². The summed E-state index contributed by atoms with van der Waals surface area (Å²) in [5, 5.41) is 0. The molecular weight excluding hydrogens is 110 g/mol. The Bertz CT molecular complexity index is 137. The van der Waals surface area contributed by atoms with Gasteiger partial charge in [-0.05, 0) is 31.5 Å². The Morgan fingerprint density at radius 3 is 2.89 bits per heavy atom. The molecule has 50 valence electrons. The Balaban J connectivity index is 3.49. The second-order valence-electron chi connectivity index (χ2n) is 2.10. The zero-order valence-electron chi connectivity index (χ0n) is 5.85. The Morgan fingerprint density at radius 1 is 1.78 bits per heavy atom. The minimum atomic E-state index is 0.547. The molecule has 0 spiro atoms. The molecule has 0 aliphatic rings. The number of hydrogen-bond donors (Lipinski definition) is 1. The van der Waals surface area contributed by atoms with Crippen LogP contribution in [0, 0.1) is 5.92 Å². The zero-order valence-corrected chi connectivity index (χ0v) is 5.85. The summed E-state index contributed by atoms with van der Waals surface area (Å²) >= 11 is 0. The summed E-state index contributed by atoms with van der Waals surface area (Å²) in [7, 11) is 0. The monoisotopic (exact) mass is 123 g/mol. The van der Waals surface area contributed by atoms with Gasteiger partial charge in [0.2, 0.25) is 0 Å². The third-order valence-electron chi connectivity index (χ3n) is 1.13. The lowest BCUT2D eigenvalue weighted by Gasteiger charge is -1.99. The molecule has 0 aliphatic carbocycles. The summed E-state index contributed by atoms with van der Waals surface area (Å²) < 4.78 is 0. The van der Waals surface area contributed by atoms with Crippen LogP contribution in [0.3, 0.4) is 0 Å². The molecule has 0 radical (unpaired) electrons. The molecule has 0 bridgehead atoms. The lowest BCUT2D eigenvalue weighted by atomic mass is 10.1. The highest BCUT2D eigenvalue weighted by molar-refractivity contribution is 4.82. The highest BCUT2D eigenvalue weighted by atomic mass is 14.5. The maximum absolute atomic E-state index is 5.37. The first kappa shape index (κ1) is 8.26. The molecule has 0 amide bonds. The summed E-state index contributed by atoms with van der Waals surface area (Å²) in [5.74, 6) is 0.547. The summed E-state index contributed by atoms with van der Waals surface area (Å²) in [6.45, 7) is 6.21. The van der Waals surface area contributed by atoms with Crippen molar-refractivity contribution in [2.75, 3.05) is 6.54 Å². The van der Waals surface area contributed by atoms with Crippen LogP contribution >= 0.6 is 0 Å². The van der Waals surface area contributed by atoms with Crippen LogP contribution in [0.15, 0.2) is 24.1 Å². The van der Waals surface area contributed by atoms with Crippen molar-refractivity contribution in [3.8, 4) is 0 Å². The van der Waals surface area contributed by atoms with Crippen molar-refractivity contribution in [3.63, 3.8) is 0 Å². The molecule has 1 nitrogen and oxygen atoms in total. The van der Waals surface area contributed by atoms with Gasteiger partial charge in [-0.25, -0.2) is 0 Å². The molecule has 0 aliphatic heterocycles. The lowest BCUT2D eigenvalue weighted by Crippen LogP contribution is -2.08. The van der Waals surface area contributed by atoms with E-state index < -0.39 is 0 Å². The topological polar surface area (TPSA) is 26.0 Å². The second kappa shape index (κ2) is 5.40. The largest absolute Gasteiger partial charge is 0.330 e. The zero-order chi connectivity index (χ0) is 7.11. The average Bonchev–Trinajstić information content (AvgIpc) is 1.89. The molecule has 0 fully saturated rings. The first-order valence-electron chi connectivity index (χ1n) is 3.10. The van der Waals surface area contributed by atoms with Gasteiger partial charge in [-0.1, -0.05) is 18.4 Å². The van der Waals surface area contributed by atoms with E-state index in [4.69, 9.17) is 5.73 Å². The molecular formula is C8H13N. The summed E-state index contributed by atoms with van der Waals surface area (Å²) in [5.41, 5.74) is 10.7. The molecule has 0 aromatic rings. The van der Waals surface area contributed by atoms with Crippen LogP contribution in [-0.4, -0.2) is 6.54 Å². The van der Waals surface area contributed by atoms with Crippen LogP contribution in [0.4, 0.5) is 0 Å². The highest BCUT2D eigenvalue weighted by Crippen LogP contribution is 1.97. The van der Waals surface area contributed by atoms with E-state index >= 15 is 0 Å². The number of allylic oxidation sites excluding steroid dienone is 1. The maximum atomic E-state index is 5.37. The van der Waals surface area contributed by atoms with Gasteiger partial charge in [0.05, 0.1) is 0 Å². The molecule has 1 unspecified atom stereocenters. The van der Waals surface area contributed by atoms with Crippen LogP contribution in [0.25, 0.3) is 0 Å². The maximum Gasteiger partial charge on any atom is -0.00483 e. The molecule has 0 aromatic heterocycles. The summed E-state index contributed by atoms with van der Waals surface area (Å²) in [6, 6.07) is 0. The van der Waals surface area contributed by atoms with E-state index in [1.165, 1.54) is 0 Å². The van der Waals surface area contributed by atoms with Crippen molar-refractivity contribution >= 4 is 0 Å².